The Morgan fingerprint density at radius 3 is 2.73 bits per heavy atom. The van der Waals surface area contributed by atoms with Gasteiger partial charge in [0.2, 0.25) is 0 Å². The molecule has 0 aliphatic heterocycles. The number of nitrogens with two attached hydrogens (primary N) is 1. The van der Waals surface area contributed by atoms with Gasteiger partial charge in [0.05, 0.1) is 10.6 Å². The number of halogens is 4. The fourth-order valence-electron chi connectivity index (χ4n) is 1.45. The van der Waals surface area contributed by atoms with E-state index >= 15 is 0 Å². The summed E-state index contributed by atoms with van der Waals surface area (Å²) in [7, 11) is 0. The fraction of sp³-hybridized carbons (Fsp3) is 0.545. The third kappa shape index (κ3) is 5.45. The minimum absolute atomic E-state index is 0.00790. The lowest BCUT2D eigenvalue weighted by Gasteiger charge is -2.27. The maximum Gasteiger partial charge on any atom is 0.417 e. The van der Waals surface area contributed by atoms with Gasteiger partial charge in [0.25, 0.3) is 0 Å². The Bertz CT molecular complexity index is 495. The van der Waals surface area contributed by atoms with E-state index < -0.39 is 23.5 Å². The molecule has 0 fully saturated rings. The van der Waals surface area contributed by atoms with Crippen LogP contribution in [0, 0.1) is 0 Å². The SMILES string of the molecule is CCO[C@@H](O)CN[C@H](S)N(N)c1ncc(C(F)(F)F)cc1Cl. The van der Waals surface area contributed by atoms with Gasteiger partial charge in [0.1, 0.15) is 5.50 Å². The van der Waals surface area contributed by atoms with E-state index in [1.807, 2.05) is 0 Å². The number of aromatic nitrogens is 1. The molecule has 0 bridgehead atoms. The number of rotatable bonds is 7. The fourth-order valence-corrected chi connectivity index (χ4v) is 1.93. The Morgan fingerprint density at radius 2 is 2.23 bits per heavy atom. The standard InChI is InChI=1S/C11H16ClF3N4O2S/c1-2-21-8(20)5-18-10(22)19(16)9-7(12)3-6(4-17-9)11(13,14)15/h3-4,8,10,18,20,22H,2,5,16H2,1H3/t8-,10+/m1/s1. The summed E-state index contributed by atoms with van der Waals surface area (Å²) >= 11 is 9.88. The Hall–Kier alpha value is -0.780. The average molecular weight is 361 g/mol. The summed E-state index contributed by atoms with van der Waals surface area (Å²) in [6, 6.07) is 0.722. The van der Waals surface area contributed by atoms with Crippen molar-refractivity contribution in [2.75, 3.05) is 18.2 Å². The van der Waals surface area contributed by atoms with Crippen LogP contribution in [0.15, 0.2) is 12.3 Å². The van der Waals surface area contributed by atoms with E-state index in [4.69, 9.17) is 22.2 Å². The van der Waals surface area contributed by atoms with Crippen LogP contribution in [0.4, 0.5) is 19.0 Å². The summed E-state index contributed by atoms with van der Waals surface area (Å²) < 4.78 is 42.5. The number of pyridine rings is 1. The highest BCUT2D eigenvalue weighted by atomic mass is 35.5. The van der Waals surface area contributed by atoms with Crippen molar-refractivity contribution < 1.29 is 23.0 Å². The number of hydrogen-bond acceptors (Lipinski definition) is 7. The van der Waals surface area contributed by atoms with Crippen molar-refractivity contribution in [3.63, 3.8) is 0 Å². The first-order valence-electron chi connectivity index (χ1n) is 6.14. The van der Waals surface area contributed by atoms with Gasteiger partial charge in [-0.25, -0.2) is 10.8 Å². The van der Waals surface area contributed by atoms with E-state index in [0.717, 1.165) is 11.1 Å². The Labute approximate surface area is 135 Å². The number of ether oxygens (including phenoxy) is 1. The van der Waals surface area contributed by atoms with E-state index in [1.165, 1.54) is 0 Å². The van der Waals surface area contributed by atoms with Gasteiger partial charge in [-0.3, -0.25) is 10.3 Å². The first kappa shape index (κ1) is 19.3. The number of hydrogen-bond donors (Lipinski definition) is 4. The molecule has 2 atom stereocenters. The molecule has 0 saturated heterocycles. The van der Waals surface area contributed by atoms with Gasteiger partial charge in [-0.2, -0.15) is 13.2 Å². The van der Waals surface area contributed by atoms with Crippen molar-refractivity contribution in [1.82, 2.24) is 10.3 Å². The summed E-state index contributed by atoms with van der Waals surface area (Å²) in [4.78, 5) is 3.60. The highest BCUT2D eigenvalue weighted by Crippen LogP contribution is 2.33. The van der Waals surface area contributed by atoms with Crippen LogP contribution in [-0.4, -0.2) is 35.0 Å². The molecule has 1 aromatic heterocycles. The Kier molecular flexibility index (Phi) is 7.16. The predicted octanol–water partition coefficient (Wildman–Crippen LogP) is 1.59. The number of nitrogens with one attached hydrogen (secondary N) is 1. The van der Waals surface area contributed by atoms with Crippen LogP contribution < -0.4 is 16.2 Å². The molecule has 0 radical (unpaired) electrons. The van der Waals surface area contributed by atoms with Crippen LogP contribution in [0.1, 0.15) is 12.5 Å². The first-order valence-corrected chi connectivity index (χ1v) is 7.04. The molecule has 4 N–H and O–H groups in total. The molecular formula is C11H16ClF3N4O2S. The van der Waals surface area contributed by atoms with Gasteiger partial charge in [0, 0.05) is 19.3 Å². The first-order chi connectivity index (χ1) is 10.2. The third-order valence-corrected chi connectivity index (χ3v) is 3.20. The zero-order chi connectivity index (χ0) is 16.9. The van der Waals surface area contributed by atoms with Crippen molar-refractivity contribution in [1.29, 1.82) is 0 Å². The summed E-state index contributed by atoms with van der Waals surface area (Å²) in [5, 5.41) is 12.8. The van der Waals surface area contributed by atoms with Gasteiger partial charge < -0.3 is 9.84 Å². The van der Waals surface area contributed by atoms with Gasteiger partial charge in [-0.15, -0.1) is 12.6 Å². The molecule has 6 nitrogen and oxygen atoms in total. The predicted molar refractivity (Wildman–Crippen MR) is 79.3 cm³/mol. The van der Waals surface area contributed by atoms with Crippen LogP contribution in [0.25, 0.3) is 0 Å². The molecule has 0 spiro atoms. The van der Waals surface area contributed by atoms with Crippen molar-refractivity contribution in [2.24, 2.45) is 5.84 Å². The topological polar surface area (TPSA) is 83.6 Å². The molecule has 0 aromatic carbocycles. The highest BCUT2D eigenvalue weighted by molar-refractivity contribution is 7.81. The molecule has 1 rings (SSSR count). The number of nitrogens with zero attached hydrogens (tertiary/aromatic N) is 2. The Balaban J connectivity index is 2.74. The molecule has 1 aromatic rings. The molecule has 0 aliphatic rings. The largest absolute Gasteiger partial charge is 0.417 e. The van der Waals surface area contributed by atoms with Gasteiger partial charge >= 0.3 is 6.18 Å². The summed E-state index contributed by atoms with van der Waals surface area (Å²) in [5.41, 5.74) is -1.83. The zero-order valence-corrected chi connectivity index (χ0v) is 13.2. The lowest BCUT2D eigenvalue weighted by atomic mass is 10.3. The highest BCUT2D eigenvalue weighted by Gasteiger charge is 2.32. The second-order valence-corrected chi connectivity index (χ2v) is 5.02. The summed E-state index contributed by atoms with van der Waals surface area (Å²) in [6.07, 6.45) is -4.99. The number of alkyl halides is 3. The normalized spacial score (nSPS) is 14.7. The van der Waals surface area contributed by atoms with Gasteiger partial charge in [-0.1, -0.05) is 11.6 Å². The molecule has 0 aliphatic carbocycles. The van der Waals surface area contributed by atoms with Crippen molar-refractivity contribution >= 4 is 30.0 Å². The van der Waals surface area contributed by atoms with Crippen LogP contribution in [0.3, 0.4) is 0 Å². The second-order valence-electron chi connectivity index (χ2n) is 4.13. The molecule has 0 saturated carbocycles. The van der Waals surface area contributed by atoms with E-state index in [2.05, 4.69) is 22.9 Å². The second kappa shape index (κ2) is 8.18. The van der Waals surface area contributed by atoms with E-state index in [-0.39, 0.29) is 17.4 Å². The lowest BCUT2D eigenvalue weighted by molar-refractivity contribution is -0.137. The average Bonchev–Trinajstić information content (AvgIpc) is 2.43. The van der Waals surface area contributed by atoms with E-state index in [9.17, 15) is 18.3 Å². The minimum atomic E-state index is -4.55. The molecule has 22 heavy (non-hydrogen) atoms. The van der Waals surface area contributed by atoms with Crippen LogP contribution in [0.2, 0.25) is 5.02 Å². The van der Waals surface area contributed by atoms with Crippen molar-refractivity contribution in [3.05, 3.63) is 22.8 Å². The van der Waals surface area contributed by atoms with Crippen LogP contribution in [0.5, 0.6) is 0 Å². The molecule has 1 heterocycles. The summed E-state index contributed by atoms with van der Waals surface area (Å²) in [5.74, 6) is 5.61. The number of hydrazine groups is 1. The molecule has 0 unspecified atom stereocenters. The van der Waals surface area contributed by atoms with Crippen molar-refractivity contribution in [3.8, 4) is 0 Å². The molecule has 0 amide bonds. The molecule has 126 valence electrons. The maximum absolute atomic E-state index is 12.5. The van der Waals surface area contributed by atoms with Gasteiger partial charge in [-0.05, 0) is 13.0 Å². The van der Waals surface area contributed by atoms with Crippen LogP contribution in [-0.2, 0) is 10.9 Å². The monoisotopic (exact) mass is 360 g/mol. The molecule has 11 heteroatoms. The van der Waals surface area contributed by atoms with Crippen LogP contribution >= 0.6 is 24.2 Å². The maximum atomic E-state index is 12.5. The van der Waals surface area contributed by atoms with Crippen molar-refractivity contribution in [2.45, 2.75) is 24.9 Å². The van der Waals surface area contributed by atoms with Gasteiger partial charge in [0.15, 0.2) is 12.1 Å². The number of aliphatic hydroxyl groups is 1. The van der Waals surface area contributed by atoms with E-state index in [0.29, 0.717) is 12.8 Å². The molecular weight excluding hydrogens is 345 g/mol. The third-order valence-electron chi connectivity index (χ3n) is 2.49. The summed E-state index contributed by atoms with van der Waals surface area (Å²) in [6.45, 7) is 2.04. The quantitative estimate of drug-likeness (QED) is 0.256. The number of anilines is 1. The zero-order valence-electron chi connectivity index (χ0n) is 11.5. The number of aliphatic hydroxyl groups excluding tert-OH is 1. The number of thiol groups is 1. The smallest absolute Gasteiger partial charge is 0.367 e. The Morgan fingerprint density at radius 1 is 1.59 bits per heavy atom. The minimum Gasteiger partial charge on any atom is -0.367 e. The lowest BCUT2D eigenvalue weighted by Crippen LogP contribution is -2.49. The van der Waals surface area contributed by atoms with E-state index in [1.54, 1.807) is 6.92 Å².